The fourth-order valence-corrected chi connectivity index (χ4v) is 2.70. The summed E-state index contributed by atoms with van der Waals surface area (Å²) in [6, 6.07) is 11.3. The van der Waals surface area contributed by atoms with E-state index in [9.17, 15) is 0 Å². The summed E-state index contributed by atoms with van der Waals surface area (Å²) < 4.78 is 0. The quantitative estimate of drug-likeness (QED) is 0.739. The second kappa shape index (κ2) is 7.58. The average Bonchev–Trinajstić information content (AvgIpc) is 2.34. The Kier molecular flexibility index (Phi) is 6.42. The number of benzene rings is 1. The number of hydrogen-bond donors (Lipinski definition) is 1. The molecule has 1 N–H and O–H groups in total. The molecule has 0 aromatic heterocycles. The molecule has 0 amide bonds. The zero-order valence-corrected chi connectivity index (χ0v) is 12.6. The Morgan fingerprint density at radius 1 is 0.944 bits per heavy atom. The zero-order chi connectivity index (χ0) is 13.5. The van der Waals surface area contributed by atoms with Crippen LogP contribution in [0.2, 0.25) is 0 Å². The summed E-state index contributed by atoms with van der Waals surface area (Å²) in [4.78, 5) is 0. The van der Waals surface area contributed by atoms with Crippen molar-refractivity contribution < 1.29 is 0 Å². The van der Waals surface area contributed by atoms with E-state index in [0.29, 0.717) is 6.04 Å². The normalized spacial score (nSPS) is 13.6. The zero-order valence-electron chi connectivity index (χ0n) is 12.6. The van der Waals surface area contributed by atoms with Crippen LogP contribution in [-0.2, 0) is 0 Å². The first-order valence-corrected chi connectivity index (χ1v) is 7.34. The van der Waals surface area contributed by atoms with Crippen molar-refractivity contribution in [1.29, 1.82) is 0 Å². The van der Waals surface area contributed by atoms with Crippen molar-refractivity contribution in [3.63, 3.8) is 0 Å². The van der Waals surface area contributed by atoms with Crippen LogP contribution in [0.4, 0.5) is 0 Å². The highest BCUT2D eigenvalue weighted by molar-refractivity contribution is 5.18. The van der Waals surface area contributed by atoms with E-state index in [-0.39, 0.29) is 0 Å². The predicted octanol–water partition coefficient (Wildman–Crippen LogP) is 4.66. The van der Waals surface area contributed by atoms with Crippen LogP contribution in [0.25, 0.3) is 0 Å². The topological polar surface area (TPSA) is 12.0 Å². The van der Waals surface area contributed by atoms with E-state index in [1.54, 1.807) is 0 Å². The highest BCUT2D eigenvalue weighted by Crippen LogP contribution is 2.22. The molecule has 1 aromatic carbocycles. The highest BCUT2D eigenvalue weighted by Gasteiger charge is 2.18. The molecule has 0 fully saturated rings. The molecule has 1 unspecified atom stereocenters. The first kappa shape index (κ1) is 15.2. The van der Waals surface area contributed by atoms with Gasteiger partial charge in [-0.05, 0) is 36.3 Å². The Labute approximate surface area is 113 Å². The third kappa shape index (κ3) is 4.45. The maximum Gasteiger partial charge on any atom is 0.0317 e. The van der Waals surface area contributed by atoms with Crippen LogP contribution in [0.3, 0.4) is 0 Å². The fraction of sp³-hybridized carbons (Fsp3) is 0.647. The van der Waals surface area contributed by atoms with Crippen LogP contribution < -0.4 is 5.32 Å². The lowest BCUT2D eigenvalue weighted by Gasteiger charge is -2.28. The molecule has 0 saturated heterocycles. The van der Waals surface area contributed by atoms with Gasteiger partial charge in [0.15, 0.2) is 0 Å². The Bertz CT molecular complexity index is 308. The van der Waals surface area contributed by atoms with Gasteiger partial charge in [0.1, 0.15) is 0 Å². The first-order valence-electron chi connectivity index (χ1n) is 7.34. The Morgan fingerprint density at radius 3 is 1.94 bits per heavy atom. The van der Waals surface area contributed by atoms with Crippen LogP contribution in [0.15, 0.2) is 30.3 Å². The molecule has 0 spiro atoms. The standard InChI is InChI=1S/C17H29N/c1-6-17(15-10-8-7-9-11-15)18-12-16(13(2)3)14(4)5/h7-11,13-14,16-18H,6,12H2,1-5H3. The van der Waals surface area contributed by atoms with Crippen LogP contribution in [0.1, 0.15) is 52.6 Å². The van der Waals surface area contributed by atoms with Gasteiger partial charge in [-0.2, -0.15) is 0 Å². The molecule has 1 rings (SSSR count). The smallest absolute Gasteiger partial charge is 0.0317 e. The highest BCUT2D eigenvalue weighted by atomic mass is 14.9. The van der Waals surface area contributed by atoms with Crippen molar-refractivity contribution in [1.82, 2.24) is 5.32 Å². The summed E-state index contributed by atoms with van der Waals surface area (Å²) in [5, 5.41) is 3.75. The summed E-state index contributed by atoms with van der Waals surface area (Å²) in [6.07, 6.45) is 1.15. The number of hydrogen-bond acceptors (Lipinski definition) is 1. The van der Waals surface area contributed by atoms with Gasteiger partial charge in [-0.1, -0.05) is 65.0 Å². The molecule has 1 atom stereocenters. The van der Waals surface area contributed by atoms with Gasteiger partial charge in [-0.15, -0.1) is 0 Å². The monoisotopic (exact) mass is 247 g/mol. The third-order valence-electron chi connectivity index (χ3n) is 3.92. The van der Waals surface area contributed by atoms with Gasteiger partial charge in [0.25, 0.3) is 0 Å². The second-order valence-corrected chi connectivity index (χ2v) is 5.93. The van der Waals surface area contributed by atoms with E-state index in [0.717, 1.165) is 30.7 Å². The maximum atomic E-state index is 3.75. The summed E-state index contributed by atoms with van der Waals surface area (Å²) >= 11 is 0. The van der Waals surface area contributed by atoms with Crippen LogP contribution in [0.5, 0.6) is 0 Å². The summed E-state index contributed by atoms with van der Waals surface area (Å²) in [5.74, 6) is 2.24. The lowest BCUT2D eigenvalue weighted by atomic mass is 9.85. The van der Waals surface area contributed by atoms with Gasteiger partial charge in [-0.25, -0.2) is 0 Å². The van der Waals surface area contributed by atoms with Gasteiger partial charge >= 0.3 is 0 Å². The van der Waals surface area contributed by atoms with Crippen molar-refractivity contribution in [3.8, 4) is 0 Å². The van der Waals surface area contributed by atoms with Gasteiger partial charge < -0.3 is 5.32 Å². The minimum absolute atomic E-state index is 0.492. The SMILES string of the molecule is CCC(NCC(C(C)C)C(C)C)c1ccccc1. The van der Waals surface area contributed by atoms with Gasteiger partial charge in [0.2, 0.25) is 0 Å². The predicted molar refractivity (Wildman–Crippen MR) is 80.6 cm³/mol. The van der Waals surface area contributed by atoms with E-state index in [2.05, 4.69) is 70.3 Å². The van der Waals surface area contributed by atoms with Crippen molar-refractivity contribution >= 4 is 0 Å². The molecule has 1 aromatic rings. The van der Waals surface area contributed by atoms with Crippen molar-refractivity contribution in [2.24, 2.45) is 17.8 Å². The minimum atomic E-state index is 0.492. The average molecular weight is 247 g/mol. The largest absolute Gasteiger partial charge is 0.310 e. The molecule has 0 bridgehead atoms. The molecule has 0 aliphatic rings. The molecular formula is C17H29N. The first-order chi connectivity index (χ1) is 8.56. The molecule has 0 aliphatic carbocycles. The number of nitrogens with one attached hydrogen (secondary N) is 1. The second-order valence-electron chi connectivity index (χ2n) is 5.93. The Hall–Kier alpha value is -0.820. The molecule has 18 heavy (non-hydrogen) atoms. The van der Waals surface area contributed by atoms with Crippen LogP contribution in [0, 0.1) is 17.8 Å². The van der Waals surface area contributed by atoms with Crippen molar-refractivity contribution in [2.75, 3.05) is 6.54 Å². The van der Waals surface area contributed by atoms with E-state index in [1.807, 2.05) is 0 Å². The minimum Gasteiger partial charge on any atom is -0.310 e. The number of rotatable bonds is 7. The van der Waals surface area contributed by atoms with E-state index in [1.165, 1.54) is 5.56 Å². The molecule has 0 saturated carbocycles. The van der Waals surface area contributed by atoms with Crippen LogP contribution in [-0.4, -0.2) is 6.54 Å². The fourth-order valence-electron chi connectivity index (χ4n) is 2.70. The molecule has 0 radical (unpaired) electrons. The molecule has 1 nitrogen and oxygen atoms in total. The van der Waals surface area contributed by atoms with Gasteiger partial charge in [0.05, 0.1) is 0 Å². The molecule has 1 heteroatoms. The van der Waals surface area contributed by atoms with Crippen LogP contribution >= 0.6 is 0 Å². The van der Waals surface area contributed by atoms with E-state index >= 15 is 0 Å². The van der Waals surface area contributed by atoms with E-state index in [4.69, 9.17) is 0 Å². The summed E-state index contributed by atoms with van der Waals surface area (Å²) in [7, 11) is 0. The van der Waals surface area contributed by atoms with Gasteiger partial charge in [0, 0.05) is 6.04 Å². The lowest BCUT2D eigenvalue weighted by Crippen LogP contribution is -2.32. The molecule has 102 valence electrons. The van der Waals surface area contributed by atoms with Crippen molar-refractivity contribution in [2.45, 2.75) is 47.1 Å². The Morgan fingerprint density at radius 2 is 1.50 bits per heavy atom. The maximum absolute atomic E-state index is 3.75. The summed E-state index contributed by atoms with van der Waals surface area (Å²) in [6.45, 7) is 12.7. The Balaban J connectivity index is 2.59. The summed E-state index contributed by atoms with van der Waals surface area (Å²) in [5.41, 5.74) is 1.41. The molecular weight excluding hydrogens is 218 g/mol. The third-order valence-corrected chi connectivity index (χ3v) is 3.92. The molecule has 0 aliphatic heterocycles. The van der Waals surface area contributed by atoms with E-state index < -0.39 is 0 Å². The van der Waals surface area contributed by atoms with Crippen molar-refractivity contribution in [3.05, 3.63) is 35.9 Å². The lowest BCUT2D eigenvalue weighted by molar-refractivity contribution is 0.264. The van der Waals surface area contributed by atoms with Gasteiger partial charge in [-0.3, -0.25) is 0 Å². The molecule has 0 heterocycles.